The molecule has 37 heavy (non-hydrogen) atoms. The van der Waals surface area contributed by atoms with Gasteiger partial charge in [-0.05, 0) is 70.6 Å². The fourth-order valence-electron chi connectivity index (χ4n) is 4.37. The van der Waals surface area contributed by atoms with E-state index in [1.54, 1.807) is 0 Å². The summed E-state index contributed by atoms with van der Waals surface area (Å²) >= 11 is 0. The van der Waals surface area contributed by atoms with Gasteiger partial charge in [0.05, 0.1) is 0 Å². The number of aliphatic carboxylic acids is 1. The second-order valence-electron chi connectivity index (χ2n) is 10.3. The topological polar surface area (TPSA) is 63.6 Å². The molecule has 4 heteroatoms. The van der Waals surface area contributed by atoms with Gasteiger partial charge < -0.3 is 9.84 Å². The second-order valence-corrected chi connectivity index (χ2v) is 10.3. The van der Waals surface area contributed by atoms with Crippen LogP contribution in [0, 0.1) is 0 Å². The summed E-state index contributed by atoms with van der Waals surface area (Å²) in [5, 5.41) is 8.72. The molecule has 4 nitrogen and oxygen atoms in total. The Hall–Kier alpha value is -1.84. The molecule has 1 N–H and O–H groups in total. The maximum Gasteiger partial charge on any atom is 0.306 e. The molecule has 1 atom stereocenters. The van der Waals surface area contributed by atoms with Crippen LogP contribution in [0.5, 0.6) is 0 Å². The van der Waals surface area contributed by atoms with Crippen LogP contribution < -0.4 is 0 Å². The Morgan fingerprint density at radius 2 is 1.14 bits per heavy atom. The van der Waals surface area contributed by atoms with Gasteiger partial charge >= 0.3 is 11.9 Å². The van der Waals surface area contributed by atoms with Crippen LogP contribution in [0.2, 0.25) is 0 Å². The zero-order chi connectivity index (χ0) is 27.2. The summed E-state index contributed by atoms with van der Waals surface area (Å²) < 4.78 is 5.87. The van der Waals surface area contributed by atoms with E-state index in [4.69, 9.17) is 9.84 Å². The van der Waals surface area contributed by atoms with Gasteiger partial charge in [-0.15, -0.1) is 0 Å². The highest BCUT2D eigenvalue weighted by molar-refractivity contribution is 5.69. The van der Waals surface area contributed by atoms with Crippen LogP contribution in [-0.4, -0.2) is 23.1 Å². The zero-order valence-electron chi connectivity index (χ0n) is 24.3. The lowest BCUT2D eigenvalue weighted by Crippen LogP contribution is -2.18. The first-order chi connectivity index (χ1) is 18.1. The Labute approximate surface area is 229 Å². The number of rotatable bonds is 27. The van der Waals surface area contributed by atoms with Crippen LogP contribution in [0.1, 0.15) is 155 Å². The molecule has 0 amide bonds. The summed E-state index contributed by atoms with van der Waals surface area (Å²) in [7, 11) is 0. The normalized spacial score (nSPS) is 12.7. The van der Waals surface area contributed by atoms with E-state index in [2.05, 4.69) is 50.3 Å². The van der Waals surface area contributed by atoms with Gasteiger partial charge in [-0.25, -0.2) is 0 Å². The number of unbranched alkanes of at least 4 members (excludes halogenated alkanes) is 12. The Morgan fingerprint density at radius 1 is 0.622 bits per heavy atom. The Kier molecular flexibility index (Phi) is 27.3. The highest BCUT2D eigenvalue weighted by atomic mass is 16.5. The summed E-state index contributed by atoms with van der Waals surface area (Å²) in [6, 6.07) is 0. The van der Waals surface area contributed by atoms with Crippen molar-refractivity contribution in [3.8, 4) is 0 Å². The largest absolute Gasteiger partial charge is 0.481 e. The summed E-state index contributed by atoms with van der Waals surface area (Å²) in [6.07, 6.45) is 35.9. The van der Waals surface area contributed by atoms with Gasteiger partial charge in [0.25, 0.3) is 0 Å². The van der Waals surface area contributed by atoms with E-state index in [-0.39, 0.29) is 18.5 Å². The van der Waals surface area contributed by atoms with E-state index >= 15 is 0 Å². The minimum absolute atomic E-state index is 0.0249. The predicted octanol–water partition coefficient (Wildman–Crippen LogP) is 10.3. The fourth-order valence-corrected chi connectivity index (χ4v) is 4.37. The van der Waals surface area contributed by atoms with Crippen molar-refractivity contribution in [2.75, 3.05) is 0 Å². The average molecular weight is 519 g/mol. The van der Waals surface area contributed by atoms with Crippen molar-refractivity contribution in [2.45, 2.75) is 161 Å². The molecule has 0 saturated heterocycles. The number of hydrogen-bond acceptors (Lipinski definition) is 3. The van der Waals surface area contributed by atoms with E-state index in [1.807, 2.05) is 0 Å². The average Bonchev–Trinajstić information content (AvgIpc) is 2.87. The number of carboxylic acid groups (broad SMARTS) is 1. The molecule has 0 bridgehead atoms. The number of hydrogen-bond donors (Lipinski definition) is 1. The third-order valence-corrected chi connectivity index (χ3v) is 6.63. The minimum Gasteiger partial charge on any atom is -0.481 e. The summed E-state index contributed by atoms with van der Waals surface area (Å²) in [6.45, 7) is 4.37. The Morgan fingerprint density at radius 3 is 1.76 bits per heavy atom. The third-order valence-electron chi connectivity index (χ3n) is 6.63. The first-order valence-electron chi connectivity index (χ1n) is 15.5. The fraction of sp³-hybridized carbons (Fsp3) is 0.758. The zero-order valence-corrected chi connectivity index (χ0v) is 24.3. The van der Waals surface area contributed by atoms with Crippen molar-refractivity contribution in [1.29, 1.82) is 0 Å². The van der Waals surface area contributed by atoms with E-state index < -0.39 is 5.97 Å². The van der Waals surface area contributed by atoms with Crippen LogP contribution in [-0.2, 0) is 14.3 Å². The number of ether oxygens (including phenoxy) is 1. The van der Waals surface area contributed by atoms with E-state index in [0.717, 1.165) is 89.9 Å². The van der Waals surface area contributed by atoms with Crippen LogP contribution >= 0.6 is 0 Å². The maximum absolute atomic E-state index is 12.4. The van der Waals surface area contributed by atoms with Gasteiger partial charge in [0.15, 0.2) is 0 Å². The molecule has 0 aliphatic rings. The second kappa shape index (κ2) is 28.7. The third kappa shape index (κ3) is 28.6. The molecule has 0 aliphatic carbocycles. The van der Waals surface area contributed by atoms with Crippen molar-refractivity contribution < 1.29 is 19.4 Å². The maximum atomic E-state index is 12.4. The van der Waals surface area contributed by atoms with E-state index in [9.17, 15) is 9.59 Å². The summed E-state index contributed by atoms with van der Waals surface area (Å²) in [4.78, 5) is 23.0. The van der Waals surface area contributed by atoms with Crippen LogP contribution in [0.25, 0.3) is 0 Å². The van der Waals surface area contributed by atoms with Crippen molar-refractivity contribution in [2.24, 2.45) is 0 Å². The standard InChI is InChI=1S/C33H58O4/c1-3-5-7-9-10-11-12-13-14-15-16-17-18-22-26-30-33(36)37-31(27-23-8-6-4-2)28-24-20-19-21-25-29-32(34)35/h5,7,10-11,13-14,31H,3-4,6,8-9,12,15-30H2,1-2H3,(H,34,35)/b7-5-,11-10-,14-13-. The van der Waals surface area contributed by atoms with Gasteiger partial charge in [-0.1, -0.05) is 108 Å². The first-order valence-corrected chi connectivity index (χ1v) is 15.5. The highest BCUT2D eigenvalue weighted by Crippen LogP contribution is 2.18. The van der Waals surface area contributed by atoms with Gasteiger partial charge in [0, 0.05) is 12.8 Å². The molecule has 0 saturated carbocycles. The molecule has 214 valence electrons. The van der Waals surface area contributed by atoms with Crippen LogP contribution in [0.4, 0.5) is 0 Å². The van der Waals surface area contributed by atoms with Gasteiger partial charge in [0.2, 0.25) is 0 Å². The molecule has 0 aromatic heterocycles. The molecule has 0 aromatic rings. The predicted molar refractivity (Wildman–Crippen MR) is 158 cm³/mol. The molecule has 0 rings (SSSR count). The molecule has 0 aliphatic heterocycles. The van der Waals surface area contributed by atoms with Crippen molar-refractivity contribution >= 4 is 11.9 Å². The minimum atomic E-state index is -0.707. The molecule has 1 unspecified atom stereocenters. The van der Waals surface area contributed by atoms with Gasteiger partial charge in [-0.3, -0.25) is 9.59 Å². The molecular formula is C33H58O4. The first kappa shape index (κ1) is 35.2. The molecule has 0 heterocycles. The molecule has 0 spiro atoms. The Bertz CT molecular complexity index is 605. The lowest BCUT2D eigenvalue weighted by Gasteiger charge is -2.18. The lowest BCUT2D eigenvalue weighted by molar-refractivity contribution is -0.150. The van der Waals surface area contributed by atoms with Crippen molar-refractivity contribution in [3.63, 3.8) is 0 Å². The number of esters is 1. The SMILES string of the molecule is CC/C=C\C/C=C\C/C=C\CCCCCCCC(=O)OC(CCCCCC)CCCCCCCC(=O)O. The molecule has 0 fully saturated rings. The quantitative estimate of drug-likeness (QED) is 0.0667. The van der Waals surface area contributed by atoms with Gasteiger partial charge in [-0.2, -0.15) is 0 Å². The summed E-state index contributed by atoms with van der Waals surface area (Å²) in [5.74, 6) is -0.732. The Balaban J connectivity index is 3.89. The van der Waals surface area contributed by atoms with Crippen molar-refractivity contribution in [1.82, 2.24) is 0 Å². The summed E-state index contributed by atoms with van der Waals surface area (Å²) in [5.41, 5.74) is 0. The smallest absolute Gasteiger partial charge is 0.306 e. The number of carbonyl (C=O) groups excluding carboxylic acids is 1. The molecular weight excluding hydrogens is 460 g/mol. The van der Waals surface area contributed by atoms with Crippen LogP contribution in [0.15, 0.2) is 36.5 Å². The number of carboxylic acids is 1. The van der Waals surface area contributed by atoms with Crippen LogP contribution in [0.3, 0.4) is 0 Å². The molecule has 0 radical (unpaired) electrons. The van der Waals surface area contributed by atoms with Gasteiger partial charge in [0.1, 0.15) is 6.10 Å². The monoisotopic (exact) mass is 518 g/mol. The van der Waals surface area contributed by atoms with E-state index in [1.165, 1.54) is 38.5 Å². The lowest BCUT2D eigenvalue weighted by atomic mass is 10.0. The molecule has 0 aromatic carbocycles. The van der Waals surface area contributed by atoms with E-state index in [0.29, 0.717) is 6.42 Å². The number of carbonyl (C=O) groups is 2. The van der Waals surface area contributed by atoms with Crippen molar-refractivity contribution in [3.05, 3.63) is 36.5 Å². The number of allylic oxidation sites excluding steroid dienone is 6. The highest BCUT2D eigenvalue weighted by Gasteiger charge is 2.14.